The topological polar surface area (TPSA) is 90.3 Å². The van der Waals surface area contributed by atoms with Crippen molar-refractivity contribution in [1.82, 2.24) is 9.88 Å². The van der Waals surface area contributed by atoms with E-state index in [2.05, 4.69) is 10.1 Å². The second kappa shape index (κ2) is 7.05. The molecule has 1 aromatic heterocycles. The molecule has 0 spiro atoms. The minimum atomic E-state index is -0.322. The third kappa shape index (κ3) is 2.55. The van der Waals surface area contributed by atoms with E-state index in [0.717, 1.165) is 23.3 Å². The molecule has 0 N–H and O–H groups in total. The van der Waals surface area contributed by atoms with Crippen molar-refractivity contribution >= 4 is 17.5 Å². The molecule has 2 saturated carbocycles. The summed E-state index contributed by atoms with van der Waals surface area (Å²) in [5.41, 5.74) is 2.49. The van der Waals surface area contributed by atoms with Crippen LogP contribution in [0.4, 0.5) is 0 Å². The van der Waals surface area contributed by atoms with Gasteiger partial charge < -0.3 is 14.3 Å². The fourth-order valence-electron chi connectivity index (χ4n) is 6.25. The Labute approximate surface area is 185 Å². The van der Waals surface area contributed by atoms with Crippen LogP contribution in [0.5, 0.6) is 11.5 Å². The molecular formula is C24H23N3O5. The van der Waals surface area contributed by atoms with Crippen molar-refractivity contribution < 1.29 is 23.9 Å². The predicted molar refractivity (Wildman–Crippen MR) is 113 cm³/mol. The van der Waals surface area contributed by atoms with E-state index in [9.17, 15) is 9.59 Å². The number of fused-ring (bicyclic) bond motifs is 8. The number of hydrogen-bond acceptors (Lipinski definition) is 7. The minimum Gasteiger partial charge on any atom is -0.497 e. The van der Waals surface area contributed by atoms with E-state index >= 15 is 0 Å². The Morgan fingerprint density at radius 1 is 1.06 bits per heavy atom. The van der Waals surface area contributed by atoms with E-state index in [-0.39, 0.29) is 54.1 Å². The summed E-state index contributed by atoms with van der Waals surface area (Å²) < 4.78 is 10.9. The normalized spacial score (nSPS) is 31.9. The molecule has 32 heavy (non-hydrogen) atoms. The number of pyridine rings is 1. The van der Waals surface area contributed by atoms with E-state index < -0.39 is 0 Å². The van der Waals surface area contributed by atoms with E-state index in [0.29, 0.717) is 11.5 Å². The van der Waals surface area contributed by atoms with Gasteiger partial charge in [0.15, 0.2) is 0 Å². The molecule has 3 heterocycles. The smallest absolute Gasteiger partial charge is 0.233 e. The Hall–Kier alpha value is -3.42. The van der Waals surface area contributed by atoms with Crippen LogP contribution in [0.1, 0.15) is 17.5 Å². The van der Waals surface area contributed by atoms with Gasteiger partial charge >= 0.3 is 0 Å². The van der Waals surface area contributed by atoms with Crippen molar-refractivity contribution in [2.45, 2.75) is 19.1 Å². The monoisotopic (exact) mass is 433 g/mol. The standard InChI is InChI=1S/C24H23N3O5/c1-30-13-5-6-14(17(8-13)31-2)21-20-15-9-16(22(20)32-26-21)19-18(15)23(28)27(24(19)29)11-12-4-3-7-25-10-12/h3-8,10,15-16,18-20,22H,9,11H2,1-2H3/t15-,16+,18+,19-,20+,22+/m1/s1. The molecule has 6 atom stereocenters. The fourth-order valence-corrected chi connectivity index (χ4v) is 6.25. The summed E-state index contributed by atoms with van der Waals surface area (Å²) >= 11 is 0. The van der Waals surface area contributed by atoms with E-state index in [1.54, 1.807) is 26.6 Å². The Morgan fingerprint density at radius 2 is 1.88 bits per heavy atom. The predicted octanol–water partition coefficient (Wildman–Crippen LogP) is 2.27. The SMILES string of the molecule is COc1ccc(C2=NO[C@H]3[C@H]4C[C@@H]([C@@H]23)[C@@H]2C(=O)N(Cc3cccnc3)C(=O)[C@H]42)c(OC)c1. The van der Waals surface area contributed by atoms with E-state index in [1.807, 2.05) is 30.3 Å². The zero-order chi connectivity index (χ0) is 22.0. The highest BCUT2D eigenvalue weighted by atomic mass is 16.6. The molecule has 2 amide bonds. The molecule has 3 fully saturated rings. The Kier molecular flexibility index (Phi) is 4.25. The summed E-state index contributed by atoms with van der Waals surface area (Å²) in [5, 5.41) is 4.41. The van der Waals surface area contributed by atoms with Gasteiger partial charge in [0.1, 0.15) is 17.6 Å². The van der Waals surface area contributed by atoms with Crippen LogP contribution in [-0.2, 0) is 21.0 Å². The first-order chi connectivity index (χ1) is 15.6. The summed E-state index contributed by atoms with van der Waals surface area (Å²) in [4.78, 5) is 38.1. The van der Waals surface area contributed by atoms with E-state index in [1.165, 1.54) is 4.90 Å². The average molecular weight is 433 g/mol. The first-order valence-corrected chi connectivity index (χ1v) is 10.8. The molecule has 2 aliphatic heterocycles. The van der Waals surface area contributed by atoms with Gasteiger partial charge in [-0.2, -0.15) is 0 Å². The van der Waals surface area contributed by atoms with Gasteiger partial charge in [0.05, 0.1) is 38.3 Å². The van der Waals surface area contributed by atoms with Crippen LogP contribution >= 0.6 is 0 Å². The molecule has 1 aromatic carbocycles. The number of hydrogen-bond donors (Lipinski definition) is 0. The zero-order valence-corrected chi connectivity index (χ0v) is 17.8. The van der Waals surface area contributed by atoms with Crippen LogP contribution in [-0.4, -0.2) is 47.7 Å². The fraction of sp³-hybridized carbons (Fsp3) is 0.417. The van der Waals surface area contributed by atoms with Crippen LogP contribution in [0, 0.1) is 29.6 Å². The van der Waals surface area contributed by atoms with Gasteiger partial charge in [0, 0.05) is 35.9 Å². The second-order valence-electron chi connectivity index (χ2n) is 8.88. The molecular weight excluding hydrogens is 410 g/mol. The number of rotatable bonds is 5. The first kappa shape index (κ1) is 19.3. The summed E-state index contributed by atoms with van der Waals surface area (Å²) in [6, 6.07) is 9.30. The molecule has 6 rings (SSSR count). The maximum Gasteiger partial charge on any atom is 0.233 e. The third-order valence-electron chi connectivity index (χ3n) is 7.53. The molecule has 2 bridgehead atoms. The van der Waals surface area contributed by atoms with E-state index in [4.69, 9.17) is 14.3 Å². The summed E-state index contributed by atoms with van der Waals surface area (Å²) in [7, 11) is 3.22. The minimum absolute atomic E-state index is 0.00385. The van der Waals surface area contributed by atoms with Gasteiger partial charge in [-0.1, -0.05) is 11.2 Å². The molecule has 8 heteroatoms. The van der Waals surface area contributed by atoms with Gasteiger partial charge in [-0.15, -0.1) is 0 Å². The number of likely N-dealkylation sites (tertiary alicyclic amines) is 1. The molecule has 2 aliphatic carbocycles. The Morgan fingerprint density at radius 3 is 2.59 bits per heavy atom. The van der Waals surface area contributed by atoms with Crippen molar-refractivity contribution in [1.29, 1.82) is 0 Å². The van der Waals surface area contributed by atoms with Crippen molar-refractivity contribution in [3.63, 3.8) is 0 Å². The summed E-state index contributed by atoms with van der Waals surface area (Å²) in [6.07, 6.45) is 4.00. The quantitative estimate of drug-likeness (QED) is 0.672. The number of ether oxygens (including phenoxy) is 2. The van der Waals surface area contributed by atoms with Gasteiger partial charge in [-0.3, -0.25) is 19.5 Å². The maximum absolute atomic E-state index is 13.4. The van der Waals surface area contributed by atoms with Gasteiger partial charge in [0.25, 0.3) is 0 Å². The van der Waals surface area contributed by atoms with Crippen LogP contribution in [0.3, 0.4) is 0 Å². The molecule has 2 aromatic rings. The number of nitrogens with zero attached hydrogens (tertiary/aromatic N) is 3. The molecule has 4 aliphatic rings. The highest BCUT2D eigenvalue weighted by molar-refractivity contribution is 6.09. The van der Waals surface area contributed by atoms with Crippen molar-refractivity contribution in [2.75, 3.05) is 14.2 Å². The van der Waals surface area contributed by atoms with Crippen LogP contribution in [0.25, 0.3) is 0 Å². The summed E-state index contributed by atoms with van der Waals surface area (Å²) in [5.74, 6) is 0.528. The number of benzene rings is 1. The van der Waals surface area contributed by atoms with Crippen LogP contribution in [0.15, 0.2) is 47.9 Å². The highest BCUT2D eigenvalue weighted by Crippen LogP contribution is 2.62. The Bertz CT molecular complexity index is 1130. The molecule has 0 unspecified atom stereocenters. The molecule has 164 valence electrons. The number of carbonyl (C=O) groups excluding carboxylic acids is 2. The van der Waals surface area contributed by atoms with Crippen LogP contribution < -0.4 is 9.47 Å². The lowest BCUT2D eigenvalue weighted by atomic mass is 9.71. The lowest BCUT2D eigenvalue weighted by Gasteiger charge is -2.30. The largest absolute Gasteiger partial charge is 0.497 e. The first-order valence-electron chi connectivity index (χ1n) is 10.8. The van der Waals surface area contributed by atoms with Crippen LogP contribution in [0.2, 0.25) is 0 Å². The van der Waals surface area contributed by atoms with Gasteiger partial charge in [0.2, 0.25) is 11.8 Å². The maximum atomic E-state index is 13.4. The van der Waals surface area contributed by atoms with Crippen molar-refractivity contribution in [2.24, 2.45) is 34.7 Å². The van der Waals surface area contributed by atoms with Gasteiger partial charge in [-0.05, 0) is 36.1 Å². The lowest BCUT2D eigenvalue weighted by molar-refractivity contribution is -0.141. The number of methoxy groups -OCH3 is 2. The number of amides is 2. The highest BCUT2D eigenvalue weighted by Gasteiger charge is 2.70. The van der Waals surface area contributed by atoms with Gasteiger partial charge in [-0.25, -0.2) is 0 Å². The lowest BCUT2D eigenvalue weighted by Crippen LogP contribution is -2.41. The average Bonchev–Trinajstić information content (AvgIpc) is 3.56. The molecule has 0 radical (unpaired) electrons. The number of carbonyl (C=O) groups is 2. The number of aromatic nitrogens is 1. The van der Waals surface area contributed by atoms with Crippen molar-refractivity contribution in [3.8, 4) is 11.5 Å². The third-order valence-corrected chi connectivity index (χ3v) is 7.53. The summed E-state index contributed by atoms with van der Waals surface area (Å²) in [6.45, 7) is 0.265. The second-order valence-corrected chi connectivity index (χ2v) is 8.88. The van der Waals surface area contributed by atoms with Crippen molar-refractivity contribution in [3.05, 3.63) is 53.9 Å². The molecule has 1 saturated heterocycles. The number of oxime groups is 1. The zero-order valence-electron chi connectivity index (χ0n) is 17.8. The number of imide groups is 1. The molecule has 8 nitrogen and oxygen atoms in total. The Balaban J connectivity index is 1.31.